The molecule has 0 bridgehead atoms. The molecule has 0 aromatic carbocycles. The molecule has 1 fully saturated rings. The third kappa shape index (κ3) is 2.37. The molecule has 0 radical (unpaired) electrons. The van der Waals surface area contributed by atoms with Crippen LogP contribution >= 0.6 is 11.3 Å². The summed E-state index contributed by atoms with van der Waals surface area (Å²) in [5.41, 5.74) is 0.806. The van der Waals surface area contributed by atoms with E-state index in [1.165, 1.54) is 17.7 Å². The van der Waals surface area contributed by atoms with Crippen LogP contribution in [0, 0.1) is 6.92 Å². The number of fused-ring (bicyclic) bond motifs is 1. The number of aryl methyl sites for hydroxylation is 1. The molecule has 3 heterocycles. The molecule has 1 unspecified atom stereocenters. The number of aromatic nitrogens is 5. The van der Waals surface area contributed by atoms with Gasteiger partial charge in [-0.25, -0.2) is 4.98 Å². The van der Waals surface area contributed by atoms with Crippen LogP contribution in [-0.4, -0.2) is 24.8 Å². The standard InChI is InChI=1S/C14H16N6S/c1-8-7-15-14(21-8)9(2)16-11-5-6-12-17-18-13(10-3-4-10)20(12)19-11/h5-7,9-10H,3-4H2,1-2H3,(H,16,19). The highest BCUT2D eigenvalue weighted by Crippen LogP contribution is 2.38. The monoisotopic (exact) mass is 300 g/mol. The molecule has 7 heteroatoms. The van der Waals surface area contributed by atoms with E-state index >= 15 is 0 Å². The van der Waals surface area contributed by atoms with Crippen LogP contribution in [0.4, 0.5) is 5.82 Å². The fourth-order valence-corrected chi connectivity index (χ4v) is 3.11. The first-order valence-electron chi connectivity index (χ1n) is 7.12. The van der Waals surface area contributed by atoms with Gasteiger partial charge in [-0.3, -0.25) is 0 Å². The van der Waals surface area contributed by atoms with Crippen LogP contribution in [-0.2, 0) is 0 Å². The molecule has 3 aromatic rings. The molecule has 6 nitrogen and oxygen atoms in total. The van der Waals surface area contributed by atoms with Crippen LogP contribution < -0.4 is 5.32 Å². The fourth-order valence-electron chi connectivity index (χ4n) is 2.33. The Kier molecular flexibility index (Phi) is 2.88. The van der Waals surface area contributed by atoms with Crippen molar-refractivity contribution in [2.75, 3.05) is 5.32 Å². The minimum Gasteiger partial charge on any atom is -0.360 e. The molecular weight excluding hydrogens is 284 g/mol. The minimum atomic E-state index is 0.134. The van der Waals surface area contributed by atoms with Gasteiger partial charge >= 0.3 is 0 Å². The highest BCUT2D eigenvalue weighted by atomic mass is 32.1. The lowest BCUT2D eigenvalue weighted by Crippen LogP contribution is -2.09. The Balaban J connectivity index is 1.62. The summed E-state index contributed by atoms with van der Waals surface area (Å²) in [6.07, 6.45) is 4.28. The minimum absolute atomic E-state index is 0.134. The SMILES string of the molecule is Cc1cnc(C(C)Nc2ccc3nnc(C4CC4)n3n2)s1. The molecular formula is C14H16N6S. The van der Waals surface area contributed by atoms with Crippen LogP contribution in [0.5, 0.6) is 0 Å². The zero-order valence-electron chi connectivity index (χ0n) is 11.9. The smallest absolute Gasteiger partial charge is 0.178 e. The van der Waals surface area contributed by atoms with Crippen molar-refractivity contribution in [2.45, 2.75) is 38.6 Å². The first kappa shape index (κ1) is 12.7. The van der Waals surface area contributed by atoms with Gasteiger partial charge in [0.15, 0.2) is 11.5 Å². The van der Waals surface area contributed by atoms with Crippen molar-refractivity contribution in [2.24, 2.45) is 0 Å². The largest absolute Gasteiger partial charge is 0.360 e. The Hall–Kier alpha value is -2.02. The van der Waals surface area contributed by atoms with E-state index in [0.29, 0.717) is 5.92 Å². The summed E-state index contributed by atoms with van der Waals surface area (Å²) in [7, 11) is 0. The molecule has 4 rings (SSSR count). The number of anilines is 1. The zero-order chi connectivity index (χ0) is 14.4. The van der Waals surface area contributed by atoms with E-state index in [4.69, 9.17) is 0 Å². The van der Waals surface area contributed by atoms with Gasteiger partial charge in [-0.05, 0) is 38.8 Å². The Morgan fingerprint density at radius 2 is 2.19 bits per heavy atom. The number of hydrogen-bond donors (Lipinski definition) is 1. The average molecular weight is 300 g/mol. The van der Waals surface area contributed by atoms with Crippen molar-refractivity contribution in [1.82, 2.24) is 24.8 Å². The number of hydrogen-bond acceptors (Lipinski definition) is 6. The molecule has 3 aromatic heterocycles. The Labute approximate surface area is 126 Å². The average Bonchev–Trinajstić information content (AvgIpc) is 3.08. The van der Waals surface area contributed by atoms with Gasteiger partial charge in [0.25, 0.3) is 0 Å². The maximum Gasteiger partial charge on any atom is 0.178 e. The van der Waals surface area contributed by atoms with Gasteiger partial charge in [0.1, 0.15) is 10.8 Å². The van der Waals surface area contributed by atoms with E-state index < -0.39 is 0 Å². The summed E-state index contributed by atoms with van der Waals surface area (Å²) in [6.45, 7) is 4.16. The summed E-state index contributed by atoms with van der Waals surface area (Å²) < 4.78 is 1.86. The molecule has 1 aliphatic rings. The summed E-state index contributed by atoms with van der Waals surface area (Å²) in [5, 5.41) is 17.5. The second-order valence-electron chi connectivity index (χ2n) is 5.50. The van der Waals surface area contributed by atoms with Gasteiger partial charge in [0.2, 0.25) is 0 Å². The topological polar surface area (TPSA) is 68.0 Å². The van der Waals surface area contributed by atoms with Crippen molar-refractivity contribution in [3.05, 3.63) is 34.0 Å². The second kappa shape index (κ2) is 4.77. The molecule has 0 spiro atoms. The zero-order valence-corrected chi connectivity index (χ0v) is 12.8. The maximum atomic E-state index is 4.63. The summed E-state index contributed by atoms with van der Waals surface area (Å²) in [4.78, 5) is 5.64. The molecule has 0 saturated heterocycles. The fraction of sp³-hybridized carbons (Fsp3) is 0.429. The predicted octanol–water partition coefficient (Wildman–Crippen LogP) is 2.94. The van der Waals surface area contributed by atoms with E-state index in [9.17, 15) is 0 Å². The van der Waals surface area contributed by atoms with Crippen LogP contribution in [0.1, 0.15) is 47.4 Å². The summed E-state index contributed by atoms with van der Waals surface area (Å²) in [5.74, 6) is 2.33. The summed E-state index contributed by atoms with van der Waals surface area (Å²) in [6, 6.07) is 4.03. The van der Waals surface area contributed by atoms with E-state index in [1.807, 2.05) is 22.8 Å². The molecule has 21 heavy (non-hydrogen) atoms. The Morgan fingerprint density at radius 3 is 2.90 bits per heavy atom. The van der Waals surface area contributed by atoms with Gasteiger partial charge in [0, 0.05) is 17.0 Å². The molecule has 1 N–H and O–H groups in total. The van der Waals surface area contributed by atoms with Crippen molar-refractivity contribution in [3.8, 4) is 0 Å². The van der Waals surface area contributed by atoms with E-state index in [0.717, 1.165) is 22.3 Å². The van der Waals surface area contributed by atoms with Crippen molar-refractivity contribution >= 4 is 22.8 Å². The van der Waals surface area contributed by atoms with Crippen molar-refractivity contribution in [3.63, 3.8) is 0 Å². The Bertz CT molecular complexity index is 788. The van der Waals surface area contributed by atoms with Crippen LogP contribution in [0.3, 0.4) is 0 Å². The van der Waals surface area contributed by atoms with E-state index in [1.54, 1.807) is 11.3 Å². The molecule has 0 aliphatic heterocycles. The third-order valence-electron chi connectivity index (χ3n) is 3.60. The lowest BCUT2D eigenvalue weighted by Gasteiger charge is -2.11. The first-order valence-corrected chi connectivity index (χ1v) is 7.93. The number of nitrogens with zero attached hydrogens (tertiary/aromatic N) is 5. The first-order chi connectivity index (χ1) is 10.2. The molecule has 1 saturated carbocycles. The van der Waals surface area contributed by atoms with E-state index in [2.05, 4.69) is 39.4 Å². The van der Waals surface area contributed by atoms with E-state index in [-0.39, 0.29) is 6.04 Å². The lowest BCUT2D eigenvalue weighted by atomic mass is 10.3. The molecule has 0 amide bonds. The number of rotatable bonds is 4. The molecule has 1 atom stereocenters. The molecule has 1 aliphatic carbocycles. The highest BCUT2D eigenvalue weighted by Gasteiger charge is 2.29. The van der Waals surface area contributed by atoms with Crippen molar-refractivity contribution in [1.29, 1.82) is 0 Å². The van der Waals surface area contributed by atoms with Gasteiger partial charge in [0.05, 0.1) is 6.04 Å². The van der Waals surface area contributed by atoms with Crippen LogP contribution in [0.15, 0.2) is 18.3 Å². The Morgan fingerprint density at radius 1 is 1.33 bits per heavy atom. The predicted molar refractivity (Wildman–Crippen MR) is 81.6 cm³/mol. The lowest BCUT2D eigenvalue weighted by molar-refractivity contribution is 0.795. The quantitative estimate of drug-likeness (QED) is 0.802. The van der Waals surface area contributed by atoms with Gasteiger partial charge in [-0.1, -0.05) is 0 Å². The van der Waals surface area contributed by atoms with Gasteiger partial charge in [-0.2, -0.15) is 4.52 Å². The molecule has 108 valence electrons. The van der Waals surface area contributed by atoms with Crippen molar-refractivity contribution < 1.29 is 0 Å². The van der Waals surface area contributed by atoms with Crippen LogP contribution in [0.25, 0.3) is 5.65 Å². The van der Waals surface area contributed by atoms with Gasteiger partial charge in [-0.15, -0.1) is 26.6 Å². The number of thiazole rings is 1. The maximum absolute atomic E-state index is 4.63. The van der Waals surface area contributed by atoms with Crippen LogP contribution in [0.2, 0.25) is 0 Å². The normalized spacial score (nSPS) is 16.3. The number of nitrogens with one attached hydrogen (secondary N) is 1. The summed E-state index contributed by atoms with van der Waals surface area (Å²) >= 11 is 1.71. The van der Waals surface area contributed by atoms with Gasteiger partial charge < -0.3 is 5.32 Å². The highest BCUT2D eigenvalue weighted by molar-refractivity contribution is 7.11. The third-order valence-corrected chi connectivity index (χ3v) is 4.70. The second-order valence-corrected chi connectivity index (χ2v) is 6.76.